The van der Waals surface area contributed by atoms with Crippen LogP contribution in [0.2, 0.25) is 0 Å². The van der Waals surface area contributed by atoms with Gasteiger partial charge >= 0.3 is 0 Å². The topological polar surface area (TPSA) is 68.0 Å². The first kappa shape index (κ1) is 19.5. The van der Waals surface area contributed by atoms with E-state index in [4.69, 9.17) is 4.42 Å². The maximum Gasteiger partial charge on any atom is 0.277 e. The van der Waals surface area contributed by atoms with Crippen LogP contribution in [-0.2, 0) is 11.2 Å². The van der Waals surface area contributed by atoms with E-state index >= 15 is 0 Å². The summed E-state index contributed by atoms with van der Waals surface area (Å²) < 4.78 is 5.70. The summed E-state index contributed by atoms with van der Waals surface area (Å²) in [4.78, 5) is 12.1. The molecular weight excluding hydrogens is 334 g/mol. The van der Waals surface area contributed by atoms with E-state index in [1.807, 2.05) is 25.1 Å². The highest BCUT2D eigenvalue weighted by Crippen LogP contribution is 2.24. The van der Waals surface area contributed by atoms with Crippen molar-refractivity contribution < 1.29 is 9.21 Å². The Hall–Kier alpha value is -1.82. The van der Waals surface area contributed by atoms with Gasteiger partial charge in [-0.3, -0.25) is 4.79 Å². The van der Waals surface area contributed by atoms with Gasteiger partial charge in [-0.25, -0.2) is 0 Å². The number of rotatable bonds is 10. The van der Waals surface area contributed by atoms with Gasteiger partial charge in [-0.1, -0.05) is 68.8 Å². The minimum atomic E-state index is -0.249. The molecule has 1 heterocycles. The Balaban J connectivity index is 1.81. The molecule has 2 rings (SSSR count). The lowest BCUT2D eigenvalue weighted by atomic mass is 9.98. The molecule has 5 nitrogen and oxygen atoms in total. The number of hydrogen-bond donors (Lipinski definition) is 1. The summed E-state index contributed by atoms with van der Waals surface area (Å²) in [6, 6.07) is 10.3. The van der Waals surface area contributed by atoms with Crippen LogP contribution in [0.1, 0.15) is 57.4 Å². The van der Waals surface area contributed by atoms with Crippen LogP contribution < -0.4 is 5.32 Å². The van der Waals surface area contributed by atoms with Gasteiger partial charge in [0.1, 0.15) is 0 Å². The van der Waals surface area contributed by atoms with Crippen molar-refractivity contribution in [2.24, 2.45) is 0 Å². The Morgan fingerprint density at radius 3 is 2.68 bits per heavy atom. The van der Waals surface area contributed by atoms with Crippen LogP contribution in [-0.4, -0.2) is 27.9 Å². The van der Waals surface area contributed by atoms with Gasteiger partial charge in [0, 0.05) is 13.0 Å². The highest BCUT2D eigenvalue weighted by Gasteiger charge is 2.18. The number of amides is 1. The van der Waals surface area contributed by atoms with Crippen LogP contribution in [0, 0.1) is 0 Å². The lowest BCUT2D eigenvalue weighted by Gasteiger charge is -2.09. The second kappa shape index (κ2) is 10.2. The van der Waals surface area contributed by atoms with Crippen molar-refractivity contribution in [3.8, 4) is 0 Å². The van der Waals surface area contributed by atoms with Crippen molar-refractivity contribution in [3.05, 3.63) is 41.8 Å². The van der Waals surface area contributed by atoms with Crippen molar-refractivity contribution in [2.75, 3.05) is 6.54 Å². The van der Waals surface area contributed by atoms with Crippen molar-refractivity contribution in [2.45, 2.75) is 62.8 Å². The van der Waals surface area contributed by atoms with Crippen molar-refractivity contribution in [3.63, 3.8) is 0 Å². The van der Waals surface area contributed by atoms with Crippen molar-refractivity contribution in [1.82, 2.24) is 15.5 Å². The van der Waals surface area contributed by atoms with E-state index in [0.717, 1.165) is 25.8 Å². The monoisotopic (exact) mass is 361 g/mol. The summed E-state index contributed by atoms with van der Waals surface area (Å²) in [5.41, 5.74) is 1.25. The fraction of sp³-hybridized carbons (Fsp3) is 0.526. The molecular formula is C19H27N3O2S. The number of nitrogens with one attached hydrogen (secondary N) is 1. The van der Waals surface area contributed by atoms with E-state index < -0.39 is 0 Å². The van der Waals surface area contributed by atoms with Crippen molar-refractivity contribution >= 4 is 17.7 Å². The molecule has 0 aliphatic heterocycles. The molecule has 2 unspecified atom stereocenters. The van der Waals surface area contributed by atoms with E-state index in [2.05, 4.69) is 41.5 Å². The zero-order valence-electron chi connectivity index (χ0n) is 15.2. The van der Waals surface area contributed by atoms with Crippen LogP contribution in [0.3, 0.4) is 0 Å². The van der Waals surface area contributed by atoms with Gasteiger partial charge in [0.25, 0.3) is 5.22 Å². The molecule has 0 aliphatic rings. The van der Waals surface area contributed by atoms with E-state index in [9.17, 15) is 4.79 Å². The van der Waals surface area contributed by atoms with Crippen LogP contribution in [0.4, 0.5) is 0 Å². The third kappa shape index (κ3) is 6.53. The molecule has 1 amide bonds. The summed E-state index contributed by atoms with van der Waals surface area (Å²) in [6.07, 6.45) is 3.98. The molecule has 0 radical (unpaired) electrons. The van der Waals surface area contributed by atoms with Gasteiger partial charge in [-0.15, -0.1) is 10.2 Å². The number of thioether (sulfide) groups is 1. The molecule has 6 heteroatoms. The molecule has 2 aromatic rings. The highest BCUT2D eigenvalue weighted by atomic mass is 32.2. The first-order valence-corrected chi connectivity index (χ1v) is 9.79. The average molecular weight is 362 g/mol. The summed E-state index contributed by atoms with van der Waals surface area (Å²) in [7, 11) is 0. The van der Waals surface area contributed by atoms with Crippen LogP contribution in [0.5, 0.6) is 0 Å². The maximum absolute atomic E-state index is 12.1. The van der Waals surface area contributed by atoms with Gasteiger partial charge in [0.2, 0.25) is 11.8 Å². The van der Waals surface area contributed by atoms with Gasteiger partial charge in [-0.05, 0) is 24.8 Å². The largest absolute Gasteiger partial charge is 0.416 e. The molecule has 0 saturated carbocycles. The Morgan fingerprint density at radius 2 is 1.96 bits per heavy atom. The number of hydrogen-bond acceptors (Lipinski definition) is 5. The molecule has 1 aromatic heterocycles. The Morgan fingerprint density at radius 1 is 1.20 bits per heavy atom. The molecule has 0 saturated heterocycles. The van der Waals surface area contributed by atoms with Gasteiger partial charge in [0.15, 0.2) is 0 Å². The minimum absolute atomic E-state index is 0.0125. The predicted molar refractivity (Wildman–Crippen MR) is 101 cm³/mol. The Labute approximate surface area is 154 Å². The van der Waals surface area contributed by atoms with Crippen LogP contribution in [0.15, 0.2) is 40.0 Å². The average Bonchev–Trinajstić information content (AvgIpc) is 3.06. The standard InChI is InChI=1S/C19H27N3O2S/c1-4-5-9-12-20-18(23)15(3)25-19-22-21-17(24-19)13-14(2)16-10-7-6-8-11-16/h6-8,10-11,14-15H,4-5,9,12-13H2,1-3H3,(H,20,23). The van der Waals surface area contributed by atoms with Crippen molar-refractivity contribution in [1.29, 1.82) is 0 Å². The number of benzene rings is 1. The molecule has 136 valence electrons. The number of nitrogens with zero attached hydrogens (tertiary/aromatic N) is 2. The van der Waals surface area contributed by atoms with Crippen LogP contribution in [0.25, 0.3) is 0 Å². The lowest BCUT2D eigenvalue weighted by Crippen LogP contribution is -2.31. The quantitative estimate of drug-likeness (QED) is 0.507. The smallest absolute Gasteiger partial charge is 0.277 e. The molecule has 0 bridgehead atoms. The molecule has 0 spiro atoms. The molecule has 1 aromatic carbocycles. The summed E-state index contributed by atoms with van der Waals surface area (Å²) in [5, 5.41) is 11.3. The molecule has 1 N–H and O–H groups in total. The molecule has 25 heavy (non-hydrogen) atoms. The zero-order valence-corrected chi connectivity index (χ0v) is 16.0. The molecule has 0 aliphatic carbocycles. The van der Waals surface area contributed by atoms with E-state index in [-0.39, 0.29) is 11.2 Å². The Kier molecular flexibility index (Phi) is 7.98. The first-order valence-electron chi connectivity index (χ1n) is 8.91. The third-order valence-electron chi connectivity index (χ3n) is 4.02. The lowest BCUT2D eigenvalue weighted by molar-refractivity contribution is -0.120. The fourth-order valence-corrected chi connectivity index (χ4v) is 3.19. The predicted octanol–water partition coefficient (Wildman–Crippen LogP) is 4.20. The van der Waals surface area contributed by atoms with Gasteiger partial charge < -0.3 is 9.73 Å². The van der Waals surface area contributed by atoms with E-state index in [1.54, 1.807) is 0 Å². The second-order valence-electron chi connectivity index (χ2n) is 6.24. The summed E-state index contributed by atoms with van der Waals surface area (Å²) in [5.74, 6) is 0.923. The summed E-state index contributed by atoms with van der Waals surface area (Å²) >= 11 is 1.31. The number of carbonyl (C=O) groups excluding carboxylic acids is 1. The normalized spacial score (nSPS) is 13.4. The highest BCUT2D eigenvalue weighted by molar-refractivity contribution is 8.00. The fourth-order valence-electron chi connectivity index (χ4n) is 2.46. The number of aromatic nitrogens is 2. The minimum Gasteiger partial charge on any atom is -0.416 e. The summed E-state index contributed by atoms with van der Waals surface area (Å²) in [6.45, 7) is 6.86. The maximum atomic E-state index is 12.1. The van der Waals surface area contributed by atoms with E-state index in [0.29, 0.717) is 23.5 Å². The second-order valence-corrected chi connectivity index (χ2v) is 7.53. The van der Waals surface area contributed by atoms with Crippen LogP contribution >= 0.6 is 11.8 Å². The first-order chi connectivity index (χ1) is 12.1. The third-order valence-corrected chi connectivity index (χ3v) is 4.96. The Bertz CT molecular complexity index is 645. The molecule has 2 atom stereocenters. The number of unbranched alkanes of at least 4 members (excludes halogenated alkanes) is 2. The SMILES string of the molecule is CCCCCNC(=O)C(C)Sc1nnc(CC(C)c2ccccc2)o1. The van der Waals surface area contributed by atoms with Gasteiger partial charge in [0.05, 0.1) is 5.25 Å². The molecule has 0 fully saturated rings. The van der Waals surface area contributed by atoms with E-state index in [1.165, 1.54) is 17.3 Å². The van der Waals surface area contributed by atoms with Gasteiger partial charge in [-0.2, -0.15) is 0 Å². The zero-order chi connectivity index (χ0) is 18.1. The number of carbonyl (C=O) groups is 1.